The molecule has 0 atom stereocenters. The van der Waals surface area contributed by atoms with Crippen LogP contribution < -0.4 is 14.8 Å². The second-order valence-corrected chi connectivity index (χ2v) is 5.68. The number of rotatable bonds is 8. The molecule has 0 spiro atoms. The van der Waals surface area contributed by atoms with Gasteiger partial charge in [-0.2, -0.15) is 0 Å². The maximum Gasteiger partial charge on any atom is 0.163 e. The van der Waals surface area contributed by atoms with Crippen LogP contribution in [0.25, 0.3) is 10.9 Å². The first-order valence-corrected chi connectivity index (χ1v) is 8.31. The third-order valence-corrected chi connectivity index (χ3v) is 3.68. The molecule has 0 bridgehead atoms. The van der Waals surface area contributed by atoms with E-state index < -0.39 is 0 Å². The SMILES string of the molecule is Cc1cccc(Nc2ncnc3cc(OCCO)c(OCCO)cc23)c1. The van der Waals surface area contributed by atoms with Crippen LogP contribution in [0.5, 0.6) is 11.5 Å². The molecule has 0 fully saturated rings. The van der Waals surface area contributed by atoms with Gasteiger partial charge in [0.1, 0.15) is 25.4 Å². The van der Waals surface area contributed by atoms with E-state index in [0.29, 0.717) is 22.8 Å². The summed E-state index contributed by atoms with van der Waals surface area (Å²) in [6.45, 7) is 2.07. The van der Waals surface area contributed by atoms with Gasteiger partial charge in [-0.25, -0.2) is 9.97 Å². The summed E-state index contributed by atoms with van der Waals surface area (Å²) in [5.41, 5.74) is 2.74. The Bertz CT molecular complexity index is 886. The van der Waals surface area contributed by atoms with Gasteiger partial charge in [-0.15, -0.1) is 0 Å². The zero-order chi connectivity index (χ0) is 18.4. The number of aliphatic hydroxyl groups excluding tert-OH is 2. The summed E-state index contributed by atoms with van der Waals surface area (Å²) in [6.07, 6.45) is 1.48. The predicted molar refractivity (Wildman–Crippen MR) is 99.2 cm³/mol. The summed E-state index contributed by atoms with van der Waals surface area (Å²) < 4.78 is 11.1. The fourth-order valence-electron chi connectivity index (χ4n) is 2.56. The molecule has 7 heteroatoms. The number of aryl methyl sites for hydroxylation is 1. The summed E-state index contributed by atoms with van der Waals surface area (Å²) in [5, 5.41) is 22.1. The Kier molecular flexibility index (Phi) is 5.83. The molecule has 0 aliphatic heterocycles. The Hall–Kier alpha value is -2.90. The number of hydrogen-bond acceptors (Lipinski definition) is 7. The molecular formula is C19H21N3O4. The number of aliphatic hydroxyl groups is 2. The molecule has 7 nitrogen and oxygen atoms in total. The molecular weight excluding hydrogens is 334 g/mol. The van der Waals surface area contributed by atoms with Gasteiger partial charge in [-0.3, -0.25) is 0 Å². The van der Waals surface area contributed by atoms with Crippen LogP contribution in [0.1, 0.15) is 5.56 Å². The number of nitrogens with zero attached hydrogens (tertiary/aromatic N) is 2. The van der Waals surface area contributed by atoms with Gasteiger partial charge in [0.05, 0.1) is 18.7 Å². The molecule has 0 aliphatic carbocycles. The molecule has 0 unspecified atom stereocenters. The third kappa shape index (κ3) is 4.19. The van der Waals surface area contributed by atoms with E-state index in [2.05, 4.69) is 15.3 Å². The number of fused-ring (bicyclic) bond motifs is 1. The van der Waals surface area contributed by atoms with Crippen LogP contribution in [-0.2, 0) is 0 Å². The molecule has 0 saturated carbocycles. The van der Waals surface area contributed by atoms with E-state index in [-0.39, 0.29) is 26.4 Å². The molecule has 0 aliphatic rings. The lowest BCUT2D eigenvalue weighted by atomic mass is 10.2. The van der Waals surface area contributed by atoms with E-state index >= 15 is 0 Å². The highest BCUT2D eigenvalue weighted by molar-refractivity contribution is 5.93. The van der Waals surface area contributed by atoms with Gasteiger partial charge in [0.15, 0.2) is 11.5 Å². The molecule has 136 valence electrons. The minimum atomic E-state index is -0.114. The Morgan fingerprint density at radius 3 is 2.38 bits per heavy atom. The van der Waals surface area contributed by atoms with Crippen LogP contribution in [0.4, 0.5) is 11.5 Å². The number of aromatic nitrogens is 2. The van der Waals surface area contributed by atoms with Crippen molar-refractivity contribution in [3.8, 4) is 11.5 Å². The topological polar surface area (TPSA) is 96.7 Å². The lowest BCUT2D eigenvalue weighted by Gasteiger charge is -2.14. The van der Waals surface area contributed by atoms with Gasteiger partial charge in [0, 0.05) is 17.1 Å². The quantitative estimate of drug-likeness (QED) is 0.571. The van der Waals surface area contributed by atoms with Crippen molar-refractivity contribution in [3.63, 3.8) is 0 Å². The van der Waals surface area contributed by atoms with E-state index in [1.165, 1.54) is 6.33 Å². The molecule has 1 aromatic heterocycles. The van der Waals surface area contributed by atoms with Crippen LogP contribution in [0.2, 0.25) is 0 Å². The molecule has 2 aromatic carbocycles. The first kappa shape index (κ1) is 17.9. The lowest BCUT2D eigenvalue weighted by molar-refractivity contribution is 0.178. The molecule has 0 saturated heterocycles. The first-order valence-electron chi connectivity index (χ1n) is 8.31. The smallest absolute Gasteiger partial charge is 0.163 e. The minimum Gasteiger partial charge on any atom is -0.487 e. The highest BCUT2D eigenvalue weighted by Gasteiger charge is 2.12. The van der Waals surface area contributed by atoms with Crippen molar-refractivity contribution in [2.24, 2.45) is 0 Å². The molecule has 3 rings (SSSR count). The molecule has 26 heavy (non-hydrogen) atoms. The van der Waals surface area contributed by atoms with E-state index in [4.69, 9.17) is 19.7 Å². The molecule has 3 aromatic rings. The van der Waals surface area contributed by atoms with Crippen molar-refractivity contribution in [3.05, 3.63) is 48.3 Å². The van der Waals surface area contributed by atoms with Gasteiger partial charge in [-0.1, -0.05) is 12.1 Å². The average Bonchev–Trinajstić information content (AvgIpc) is 2.64. The Morgan fingerprint density at radius 2 is 1.69 bits per heavy atom. The molecule has 1 heterocycles. The Morgan fingerprint density at radius 1 is 0.962 bits per heavy atom. The van der Waals surface area contributed by atoms with Crippen LogP contribution in [0, 0.1) is 6.92 Å². The van der Waals surface area contributed by atoms with Crippen molar-refractivity contribution < 1.29 is 19.7 Å². The Balaban J connectivity index is 2.01. The zero-order valence-corrected chi connectivity index (χ0v) is 14.5. The monoisotopic (exact) mass is 355 g/mol. The lowest BCUT2D eigenvalue weighted by Crippen LogP contribution is -2.07. The van der Waals surface area contributed by atoms with E-state index in [1.807, 2.05) is 31.2 Å². The van der Waals surface area contributed by atoms with Crippen molar-refractivity contribution in [2.75, 3.05) is 31.7 Å². The van der Waals surface area contributed by atoms with Crippen LogP contribution >= 0.6 is 0 Å². The molecule has 3 N–H and O–H groups in total. The predicted octanol–water partition coefficient (Wildman–Crippen LogP) is 2.42. The minimum absolute atomic E-state index is 0.110. The van der Waals surface area contributed by atoms with Gasteiger partial charge >= 0.3 is 0 Å². The first-order chi connectivity index (χ1) is 12.7. The molecule has 0 radical (unpaired) electrons. The summed E-state index contributed by atoms with van der Waals surface area (Å²) in [7, 11) is 0. The van der Waals surface area contributed by atoms with E-state index in [9.17, 15) is 0 Å². The van der Waals surface area contributed by atoms with Crippen molar-refractivity contribution in [1.29, 1.82) is 0 Å². The zero-order valence-electron chi connectivity index (χ0n) is 14.5. The van der Waals surface area contributed by atoms with Crippen LogP contribution in [-0.4, -0.2) is 46.6 Å². The fourth-order valence-corrected chi connectivity index (χ4v) is 2.56. The number of benzene rings is 2. The number of ether oxygens (including phenoxy) is 2. The largest absolute Gasteiger partial charge is 0.487 e. The summed E-state index contributed by atoms with van der Waals surface area (Å²) >= 11 is 0. The second-order valence-electron chi connectivity index (χ2n) is 5.68. The van der Waals surface area contributed by atoms with Crippen LogP contribution in [0.15, 0.2) is 42.7 Å². The molecule has 0 amide bonds. The summed E-state index contributed by atoms with van der Waals surface area (Å²) in [4.78, 5) is 8.63. The van der Waals surface area contributed by atoms with E-state index in [1.54, 1.807) is 12.1 Å². The second kappa shape index (κ2) is 8.46. The van der Waals surface area contributed by atoms with Gasteiger partial charge in [0.2, 0.25) is 0 Å². The van der Waals surface area contributed by atoms with Crippen molar-refractivity contribution in [1.82, 2.24) is 9.97 Å². The maximum absolute atomic E-state index is 9.04. The maximum atomic E-state index is 9.04. The normalized spacial score (nSPS) is 10.7. The number of anilines is 2. The average molecular weight is 355 g/mol. The number of nitrogens with one attached hydrogen (secondary N) is 1. The summed E-state index contributed by atoms with van der Waals surface area (Å²) in [5.74, 6) is 1.56. The fraction of sp³-hybridized carbons (Fsp3) is 0.263. The Labute approximate surface area is 151 Å². The highest BCUT2D eigenvalue weighted by atomic mass is 16.5. The van der Waals surface area contributed by atoms with Crippen LogP contribution in [0.3, 0.4) is 0 Å². The third-order valence-electron chi connectivity index (χ3n) is 3.68. The van der Waals surface area contributed by atoms with Crippen molar-refractivity contribution >= 4 is 22.4 Å². The standard InChI is InChI=1S/C19H21N3O4/c1-13-3-2-4-14(9-13)22-19-15-10-17(25-7-5-23)18(26-8-6-24)11-16(15)20-12-21-19/h2-4,9-12,23-24H,5-8H2,1H3,(H,20,21,22). The summed E-state index contributed by atoms with van der Waals surface area (Å²) in [6, 6.07) is 11.5. The highest BCUT2D eigenvalue weighted by Crippen LogP contribution is 2.35. The van der Waals surface area contributed by atoms with Gasteiger partial charge in [-0.05, 0) is 30.7 Å². The van der Waals surface area contributed by atoms with Crippen molar-refractivity contribution in [2.45, 2.75) is 6.92 Å². The van der Waals surface area contributed by atoms with E-state index in [0.717, 1.165) is 16.6 Å². The van der Waals surface area contributed by atoms with Gasteiger partial charge < -0.3 is 25.0 Å². The number of hydrogen-bond donors (Lipinski definition) is 3. The van der Waals surface area contributed by atoms with Gasteiger partial charge in [0.25, 0.3) is 0 Å².